The highest BCUT2D eigenvalue weighted by atomic mass is 28.3. The average Bonchev–Trinajstić information content (AvgIpc) is 2.12. The Morgan fingerprint density at radius 1 is 1.17 bits per heavy atom. The van der Waals surface area contributed by atoms with Crippen LogP contribution in [-0.4, -0.2) is 20.8 Å². The number of nitrogens with two attached hydrogens (primary N) is 1. The Kier molecular flexibility index (Phi) is 6.71. The first-order valence-corrected chi connectivity index (χ1v) is 7.35. The summed E-state index contributed by atoms with van der Waals surface area (Å²) in [6.45, 7) is 8.68. The highest BCUT2D eigenvalue weighted by Gasteiger charge is 2.16. The quantitative estimate of drug-likeness (QED) is 0.647. The van der Waals surface area contributed by atoms with Crippen molar-refractivity contribution in [3.8, 4) is 0 Å². The van der Waals surface area contributed by atoms with E-state index >= 15 is 0 Å². The van der Waals surface area contributed by atoms with Crippen LogP contribution in [0.3, 0.4) is 0 Å². The van der Waals surface area contributed by atoms with E-state index in [1.165, 1.54) is 0 Å². The highest BCUT2D eigenvalue weighted by Crippen LogP contribution is 2.07. The molecule has 0 spiro atoms. The van der Waals surface area contributed by atoms with Gasteiger partial charge in [-0.1, -0.05) is 20.8 Å². The molecule has 0 aromatic heterocycles. The molecule has 0 rings (SSSR count). The third-order valence-corrected chi connectivity index (χ3v) is 4.88. The molecule has 0 radical (unpaired) electrons. The lowest BCUT2D eigenvalue weighted by Gasteiger charge is -2.23. The normalized spacial score (nSPS) is 16.5. The molecule has 0 aromatic rings. The van der Waals surface area contributed by atoms with Gasteiger partial charge >= 0.3 is 0 Å². The molecule has 0 saturated heterocycles. The molecule has 0 aromatic carbocycles. The molecule has 0 aliphatic carbocycles. The van der Waals surface area contributed by atoms with Gasteiger partial charge in [0.2, 0.25) is 0 Å². The van der Waals surface area contributed by atoms with Gasteiger partial charge < -0.3 is 10.2 Å². The molecule has 2 nitrogen and oxygen atoms in total. The molecule has 0 fully saturated rings. The molecule has 0 aliphatic heterocycles. The molecular weight excluding hydrogens is 166 g/mol. The van der Waals surface area contributed by atoms with E-state index in [1.54, 1.807) is 0 Å². The molecule has 2 atom stereocenters. The van der Waals surface area contributed by atoms with Crippen molar-refractivity contribution in [2.24, 2.45) is 5.73 Å². The van der Waals surface area contributed by atoms with Crippen molar-refractivity contribution in [3.05, 3.63) is 0 Å². The van der Waals surface area contributed by atoms with Crippen molar-refractivity contribution >= 4 is 9.04 Å². The standard InChI is InChI=1S/C9H23NOSi/c1-5-8(6-2)11-12(4)9(10)7-3/h8-9,12H,5-7,10H2,1-4H3. The van der Waals surface area contributed by atoms with Crippen LogP contribution in [0.2, 0.25) is 6.55 Å². The summed E-state index contributed by atoms with van der Waals surface area (Å²) in [4.78, 5) is 0. The van der Waals surface area contributed by atoms with Crippen molar-refractivity contribution in [3.63, 3.8) is 0 Å². The fourth-order valence-corrected chi connectivity index (χ4v) is 3.08. The van der Waals surface area contributed by atoms with Crippen LogP contribution in [0.15, 0.2) is 0 Å². The van der Waals surface area contributed by atoms with Gasteiger partial charge in [-0.15, -0.1) is 0 Å². The van der Waals surface area contributed by atoms with Crippen LogP contribution < -0.4 is 5.73 Å². The summed E-state index contributed by atoms with van der Waals surface area (Å²) in [5, 5.41) is 0. The lowest BCUT2D eigenvalue weighted by atomic mass is 10.2. The Labute approximate surface area is 78.2 Å². The Balaban J connectivity index is 3.72. The van der Waals surface area contributed by atoms with Crippen molar-refractivity contribution in [2.75, 3.05) is 0 Å². The second-order valence-corrected chi connectivity index (χ2v) is 5.89. The zero-order chi connectivity index (χ0) is 9.56. The Morgan fingerprint density at radius 3 is 2.00 bits per heavy atom. The summed E-state index contributed by atoms with van der Waals surface area (Å²) >= 11 is 0. The Hall–Kier alpha value is 0.137. The maximum absolute atomic E-state index is 5.92. The van der Waals surface area contributed by atoms with Gasteiger partial charge in [-0.05, 0) is 25.8 Å². The molecule has 74 valence electrons. The second-order valence-electron chi connectivity index (χ2n) is 3.35. The minimum Gasteiger partial charge on any atom is -0.416 e. The first-order valence-electron chi connectivity index (χ1n) is 5.06. The first-order chi connectivity index (χ1) is 5.65. The molecule has 0 saturated carbocycles. The van der Waals surface area contributed by atoms with Gasteiger partial charge in [-0.25, -0.2) is 0 Å². The van der Waals surface area contributed by atoms with Gasteiger partial charge in [0.1, 0.15) is 0 Å². The first kappa shape index (κ1) is 12.1. The third-order valence-electron chi connectivity index (χ3n) is 2.39. The van der Waals surface area contributed by atoms with E-state index in [-0.39, 0.29) is 0 Å². The van der Waals surface area contributed by atoms with Gasteiger partial charge in [0.25, 0.3) is 0 Å². The van der Waals surface area contributed by atoms with Crippen molar-refractivity contribution in [1.82, 2.24) is 0 Å². The largest absolute Gasteiger partial charge is 0.416 e. The van der Waals surface area contributed by atoms with E-state index in [9.17, 15) is 0 Å². The summed E-state index contributed by atoms with van der Waals surface area (Å²) in [7, 11) is -1.11. The number of rotatable bonds is 6. The second kappa shape index (κ2) is 6.63. The number of hydrogen-bond donors (Lipinski definition) is 1. The van der Waals surface area contributed by atoms with Crippen LogP contribution in [0.25, 0.3) is 0 Å². The van der Waals surface area contributed by atoms with Gasteiger partial charge in [-0.2, -0.15) is 0 Å². The van der Waals surface area contributed by atoms with Crippen LogP contribution in [0.1, 0.15) is 40.0 Å². The summed E-state index contributed by atoms with van der Waals surface area (Å²) in [5.41, 5.74) is 6.24. The van der Waals surface area contributed by atoms with E-state index in [1.807, 2.05) is 0 Å². The van der Waals surface area contributed by atoms with Gasteiger partial charge in [0, 0.05) is 11.8 Å². The predicted molar refractivity (Wildman–Crippen MR) is 56.7 cm³/mol. The van der Waals surface area contributed by atoms with Crippen LogP contribution in [0.4, 0.5) is 0 Å². The minimum atomic E-state index is -1.11. The minimum absolute atomic E-state index is 0.325. The Morgan fingerprint density at radius 2 is 1.67 bits per heavy atom. The van der Waals surface area contributed by atoms with Crippen molar-refractivity contribution < 1.29 is 4.43 Å². The number of hydrogen-bond acceptors (Lipinski definition) is 2. The zero-order valence-corrected chi connectivity index (χ0v) is 9.99. The molecular formula is C9H23NOSi. The maximum Gasteiger partial charge on any atom is 0.190 e. The molecule has 0 amide bonds. The van der Waals surface area contributed by atoms with Crippen molar-refractivity contribution in [1.29, 1.82) is 0 Å². The Bertz CT molecular complexity index is 107. The lowest BCUT2D eigenvalue weighted by molar-refractivity contribution is 0.189. The predicted octanol–water partition coefficient (Wildman–Crippen LogP) is 1.82. The molecule has 2 N–H and O–H groups in total. The smallest absolute Gasteiger partial charge is 0.190 e. The summed E-state index contributed by atoms with van der Waals surface area (Å²) in [6, 6.07) is 0. The summed E-state index contributed by atoms with van der Waals surface area (Å²) < 4.78 is 5.92. The fraction of sp³-hybridized carbons (Fsp3) is 1.00. The van der Waals surface area contributed by atoms with Crippen LogP contribution >= 0.6 is 0 Å². The van der Waals surface area contributed by atoms with E-state index in [0.29, 0.717) is 11.8 Å². The summed E-state index contributed by atoms with van der Waals surface area (Å²) in [6.07, 6.45) is 3.73. The molecule has 3 heteroatoms. The molecule has 0 bridgehead atoms. The molecule has 2 unspecified atom stereocenters. The van der Waals surface area contributed by atoms with Gasteiger partial charge in [0.15, 0.2) is 9.04 Å². The third kappa shape index (κ3) is 4.23. The van der Waals surface area contributed by atoms with E-state index in [0.717, 1.165) is 19.3 Å². The monoisotopic (exact) mass is 189 g/mol. The average molecular weight is 189 g/mol. The van der Waals surface area contributed by atoms with E-state index in [2.05, 4.69) is 27.3 Å². The molecule has 12 heavy (non-hydrogen) atoms. The van der Waals surface area contributed by atoms with Crippen LogP contribution in [0, 0.1) is 0 Å². The van der Waals surface area contributed by atoms with Crippen LogP contribution in [0.5, 0.6) is 0 Å². The lowest BCUT2D eigenvalue weighted by Crippen LogP contribution is -2.40. The molecule has 0 aliphatic rings. The summed E-state index contributed by atoms with van der Waals surface area (Å²) in [5.74, 6) is 0. The maximum atomic E-state index is 5.92. The van der Waals surface area contributed by atoms with E-state index in [4.69, 9.17) is 10.2 Å². The zero-order valence-electron chi connectivity index (χ0n) is 8.84. The van der Waals surface area contributed by atoms with Gasteiger partial charge in [0.05, 0.1) is 0 Å². The topological polar surface area (TPSA) is 35.2 Å². The van der Waals surface area contributed by atoms with Crippen molar-refractivity contribution in [2.45, 2.75) is 58.3 Å². The fourth-order valence-electron chi connectivity index (χ4n) is 1.22. The van der Waals surface area contributed by atoms with E-state index < -0.39 is 9.04 Å². The highest BCUT2D eigenvalue weighted by molar-refractivity contribution is 6.52. The van der Waals surface area contributed by atoms with Gasteiger partial charge in [-0.3, -0.25) is 0 Å². The SMILES string of the molecule is CCC(CC)O[SiH](C)C(N)CC. The van der Waals surface area contributed by atoms with Crippen LogP contribution in [-0.2, 0) is 4.43 Å². The molecule has 0 heterocycles.